The van der Waals surface area contributed by atoms with Gasteiger partial charge >= 0.3 is 0 Å². The molecule has 7 heteroatoms. The molecule has 4 aromatic rings. The minimum atomic E-state index is -0.542. The molecule has 0 radical (unpaired) electrons. The Kier molecular flexibility index (Phi) is 5.41. The number of hydrazone groups is 1. The summed E-state index contributed by atoms with van der Waals surface area (Å²) in [6, 6.07) is 19.3. The van der Waals surface area contributed by atoms with Gasteiger partial charge < -0.3 is 14.8 Å². The number of carbonyl (C=O) groups is 1. The van der Waals surface area contributed by atoms with Gasteiger partial charge in [-0.05, 0) is 35.9 Å². The summed E-state index contributed by atoms with van der Waals surface area (Å²) in [5.41, 5.74) is 5.46. The smallest absolute Gasteiger partial charge is 0.271 e. The van der Waals surface area contributed by atoms with E-state index in [4.69, 9.17) is 11.6 Å². The van der Waals surface area contributed by atoms with Gasteiger partial charge in [-0.1, -0.05) is 41.9 Å². The lowest BCUT2D eigenvalue weighted by atomic mass is 10.2. The van der Waals surface area contributed by atoms with Crippen molar-refractivity contribution in [2.24, 2.45) is 5.10 Å². The average Bonchev–Trinajstić information content (AvgIpc) is 3.05. The van der Waals surface area contributed by atoms with Crippen molar-refractivity contribution in [2.45, 2.75) is 6.54 Å². The van der Waals surface area contributed by atoms with Gasteiger partial charge in [0.1, 0.15) is 11.5 Å². The molecular formula is C23H18ClN3O3. The van der Waals surface area contributed by atoms with E-state index in [1.807, 2.05) is 54.7 Å². The lowest BCUT2D eigenvalue weighted by Crippen LogP contribution is -2.17. The number of rotatable bonds is 5. The molecule has 0 aliphatic rings. The highest BCUT2D eigenvalue weighted by molar-refractivity contribution is 6.30. The maximum atomic E-state index is 12.2. The molecule has 0 spiro atoms. The number of halogens is 1. The second-order valence-electron chi connectivity index (χ2n) is 6.80. The molecule has 0 saturated heterocycles. The zero-order valence-corrected chi connectivity index (χ0v) is 16.5. The van der Waals surface area contributed by atoms with Crippen LogP contribution in [0, 0.1) is 0 Å². The van der Waals surface area contributed by atoms with Crippen molar-refractivity contribution in [3.05, 3.63) is 94.6 Å². The quantitative estimate of drug-likeness (QED) is 0.328. The Hall–Kier alpha value is -3.77. The molecule has 1 amide bonds. The minimum absolute atomic E-state index is 0.105. The van der Waals surface area contributed by atoms with Crippen LogP contribution in [0.25, 0.3) is 10.9 Å². The van der Waals surface area contributed by atoms with Crippen LogP contribution in [-0.2, 0) is 6.54 Å². The molecule has 3 aromatic carbocycles. The van der Waals surface area contributed by atoms with E-state index in [1.165, 1.54) is 12.1 Å². The number of para-hydroxylation sites is 1. The summed E-state index contributed by atoms with van der Waals surface area (Å²) in [7, 11) is 0. The molecule has 3 N–H and O–H groups in total. The Bertz CT molecular complexity index is 1240. The summed E-state index contributed by atoms with van der Waals surface area (Å²) in [5.74, 6) is -0.943. The summed E-state index contributed by atoms with van der Waals surface area (Å²) in [4.78, 5) is 12.2. The number of phenols is 2. The number of hydrogen-bond donors (Lipinski definition) is 3. The topological polar surface area (TPSA) is 86.9 Å². The van der Waals surface area contributed by atoms with E-state index in [-0.39, 0.29) is 17.1 Å². The lowest BCUT2D eigenvalue weighted by Gasteiger charge is -2.05. The monoisotopic (exact) mass is 419 g/mol. The van der Waals surface area contributed by atoms with Crippen LogP contribution in [0.1, 0.15) is 21.5 Å². The fourth-order valence-electron chi connectivity index (χ4n) is 3.29. The molecule has 30 heavy (non-hydrogen) atoms. The molecule has 0 aliphatic carbocycles. The third-order valence-electron chi connectivity index (χ3n) is 4.60. The Labute approximate surface area is 177 Å². The molecule has 0 atom stereocenters. The third kappa shape index (κ3) is 4.29. The highest BCUT2D eigenvalue weighted by Crippen LogP contribution is 2.22. The number of nitrogens with one attached hydrogen (secondary N) is 1. The molecule has 1 aromatic heterocycles. The number of hydrogen-bond acceptors (Lipinski definition) is 4. The number of aromatic hydroxyl groups is 2. The molecule has 150 valence electrons. The minimum Gasteiger partial charge on any atom is -0.508 e. The van der Waals surface area contributed by atoms with Gasteiger partial charge in [0.2, 0.25) is 0 Å². The second kappa shape index (κ2) is 8.31. The van der Waals surface area contributed by atoms with Gasteiger partial charge in [-0.25, -0.2) is 5.43 Å². The number of amides is 1. The first-order chi connectivity index (χ1) is 14.5. The molecule has 0 bridgehead atoms. The van der Waals surface area contributed by atoms with Gasteiger partial charge in [0, 0.05) is 45.9 Å². The van der Waals surface area contributed by atoms with E-state index in [1.54, 1.807) is 6.21 Å². The molecule has 0 fully saturated rings. The van der Waals surface area contributed by atoms with E-state index >= 15 is 0 Å². The number of aromatic nitrogens is 1. The van der Waals surface area contributed by atoms with Crippen LogP contribution in [0.2, 0.25) is 5.02 Å². The van der Waals surface area contributed by atoms with Crippen LogP contribution in [0.4, 0.5) is 0 Å². The molecule has 4 rings (SSSR count). The van der Waals surface area contributed by atoms with Crippen molar-refractivity contribution in [2.75, 3.05) is 0 Å². The number of benzene rings is 3. The first kappa shape index (κ1) is 19.5. The van der Waals surface area contributed by atoms with Crippen molar-refractivity contribution in [3.63, 3.8) is 0 Å². The van der Waals surface area contributed by atoms with Crippen molar-refractivity contribution >= 4 is 34.6 Å². The Morgan fingerprint density at radius 2 is 1.80 bits per heavy atom. The Morgan fingerprint density at radius 1 is 1.03 bits per heavy atom. The van der Waals surface area contributed by atoms with Crippen LogP contribution in [0.5, 0.6) is 11.5 Å². The summed E-state index contributed by atoms with van der Waals surface area (Å²) < 4.78 is 2.09. The van der Waals surface area contributed by atoms with Gasteiger partial charge in [-0.3, -0.25) is 4.79 Å². The van der Waals surface area contributed by atoms with E-state index in [9.17, 15) is 15.0 Å². The fourth-order valence-corrected chi connectivity index (χ4v) is 3.51. The lowest BCUT2D eigenvalue weighted by molar-refractivity contribution is 0.0954. The highest BCUT2D eigenvalue weighted by atomic mass is 35.5. The third-order valence-corrected chi connectivity index (χ3v) is 4.83. The largest absolute Gasteiger partial charge is 0.508 e. The average molecular weight is 420 g/mol. The number of fused-ring (bicyclic) bond motifs is 1. The van der Waals surface area contributed by atoms with Crippen LogP contribution in [0.15, 0.2) is 78.0 Å². The van der Waals surface area contributed by atoms with Gasteiger partial charge in [0.25, 0.3) is 5.91 Å². The number of phenolic OH excluding ortho intramolecular Hbond substituents is 2. The number of carbonyl (C=O) groups excluding carboxylic acids is 1. The second-order valence-corrected chi connectivity index (χ2v) is 7.23. The van der Waals surface area contributed by atoms with E-state index in [2.05, 4.69) is 15.1 Å². The molecule has 0 saturated carbocycles. The van der Waals surface area contributed by atoms with Crippen LogP contribution in [-0.4, -0.2) is 26.9 Å². The molecule has 0 unspecified atom stereocenters. The van der Waals surface area contributed by atoms with Crippen molar-refractivity contribution in [1.82, 2.24) is 9.99 Å². The molecular weight excluding hydrogens is 402 g/mol. The van der Waals surface area contributed by atoms with Gasteiger partial charge in [-0.2, -0.15) is 5.10 Å². The van der Waals surface area contributed by atoms with Crippen LogP contribution >= 0.6 is 11.6 Å². The Morgan fingerprint density at radius 3 is 2.57 bits per heavy atom. The summed E-state index contributed by atoms with van der Waals surface area (Å²) in [6.07, 6.45) is 3.53. The SMILES string of the molecule is O=C(NN=Cc1cn(Cc2cccc(Cl)c2)c2ccccc12)c1cc(O)cc(O)c1. The normalized spacial score (nSPS) is 11.2. The first-order valence-electron chi connectivity index (χ1n) is 9.18. The Balaban J connectivity index is 1.57. The van der Waals surface area contributed by atoms with Crippen molar-refractivity contribution in [1.29, 1.82) is 0 Å². The van der Waals surface area contributed by atoms with Gasteiger partial charge in [0.05, 0.1) is 6.21 Å². The maximum absolute atomic E-state index is 12.2. The summed E-state index contributed by atoms with van der Waals surface area (Å²) in [5, 5.41) is 24.8. The maximum Gasteiger partial charge on any atom is 0.271 e. The van der Waals surface area contributed by atoms with E-state index < -0.39 is 5.91 Å². The summed E-state index contributed by atoms with van der Waals surface area (Å²) >= 11 is 6.10. The highest BCUT2D eigenvalue weighted by Gasteiger charge is 2.09. The standard InChI is InChI=1S/C23H18ClN3O3/c24-18-5-3-4-15(8-18)13-27-14-17(21-6-1-2-7-22(21)27)12-25-26-23(30)16-9-19(28)11-20(29)10-16/h1-12,14,28-29H,13H2,(H,26,30). The van der Waals surface area contributed by atoms with E-state index in [0.717, 1.165) is 28.1 Å². The van der Waals surface area contributed by atoms with Gasteiger partial charge in [0.15, 0.2) is 0 Å². The van der Waals surface area contributed by atoms with E-state index in [0.29, 0.717) is 11.6 Å². The first-order valence-corrected chi connectivity index (χ1v) is 9.56. The van der Waals surface area contributed by atoms with Crippen molar-refractivity contribution < 1.29 is 15.0 Å². The molecule has 6 nitrogen and oxygen atoms in total. The zero-order chi connectivity index (χ0) is 21.1. The van der Waals surface area contributed by atoms with Gasteiger partial charge in [-0.15, -0.1) is 0 Å². The summed E-state index contributed by atoms with van der Waals surface area (Å²) in [6.45, 7) is 0.643. The molecule has 1 heterocycles. The van der Waals surface area contributed by atoms with Crippen molar-refractivity contribution in [3.8, 4) is 11.5 Å². The predicted octanol–water partition coefficient (Wildman–Crippen LogP) is 4.52. The zero-order valence-electron chi connectivity index (χ0n) is 15.8. The fraction of sp³-hybridized carbons (Fsp3) is 0.0435. The molecule has 0 aliphatic heterocycles. The van der Waals surface area contributed by atoms with Crippen LogP contribution in [0.3, 0.4) is 0 Å². The predicted molar refractivity (Wildman–Crippen MR) is 117 cm³/mol. The number of nitrogens with zero attached hydrogens (tertiary/aromatic N) is 2. The van der Waals surface area contributed by atoms with Crippen LogP contribution < -0.4 is 5.43 Å².